The van der Waals surface area contributed by atoms with E-state index in [0.29, 0.717) is 6.29 Å². The lowest BCUT2D eigenvalue weighted by Gasteiger charge is -2.19. The summed E-state index contributed by atoms with van der Waals surface area (Å²) in [5, 5.41) is 0. The Balaban J connectivity index is 2.37. The summed E-state index contributed by atoms with van der Waals surface area (Å²) in [5.74, 6) is -0.479. The lowest BCUT2D eigenvalue weighted by Crippen LogP contribution is -2.10. The first-order valence-electron chi connectivity index (χ1n) is 6.27. The zero-order valence-corrected chi connectivity index (χ0v) is 11.4. The summed E-state index contributed by atoms with van der Waals surface area (Å²) in [6.07, 6.45) is 0.530. The monoisotopic (exact) mass is 256 g/mol. The molecule has 0 N–H and O–H groups in total. The number of hydrogen-bond acceptors (Lipinski definition) is 1. The van der Waals surface area contributed by atoms with Gasteiger partial charge in [0.1, 0.15) is 5.82 Å². The Morgan fingerprint density at radius 1 is 0.947 bits per heavy atom. The molecule has 19 heavy (non-hydrogen) atoms. The first kappa shape index (κ1) is 13.5. The molecule has 0 heterocycles. The zero-order valence-electron chi connectivity index (χ0n) is 11.4. The molecule has 2 aromatic carbocycles. The van der Waals surface area contributed by atoms with Crippen LogP contribution in [0.1, 0.15) is 36.7 Å². The van der Waals surface area contributed by atoms with E-state index in [1.165, 1.54) is 17.7 Å². The van der Waals surface area contributed by atoms with Gasteiger partial charge in [0, 0.05) is 0 Å². The van der Waals surface area contributed by atoms with Crippen molar-refractivity contribution in [1.29, 1.82) is 0 Å². The number of carbonyl (C=O) groups is 1. The molecule has 0 spiro atoms. The van der Waals surface area contributed by atoms with Gasteiger partial charge < -0.3 is 0 Å². The van der Waals surface area contributed by atoms with Crippen LogP contribution >= 0.6 is 0 Å². The number of halogens is 1. The molecule has 0 aliphatic rings. The fourth-order valence-electron chi connectivity index (χ4n) is 1.96. The largest absolute Gasteiger partial charge is 0.298 e. The molecular formula is C17H17FO. The molecule has 0 radical (unpaired) electrons. The second kappa shape index (κ2) is 4.96. The minimum absolute atomic E-state index is 0.0926. The van der Waals surface area contributed by atoms with E-state index in [0.717, 1.165) is 11.1 Å². The molecule has 0 bridgehead atoms. The highest BCUT2D eigenvalue weighted by Gasteiger charge is 2.13. The van der Waals surface area contributed by atoms with E-state index in [9.17, 15) is 9.18 Å². The Morgan fingerprint density at radius 2 is 1.53 bits per heavy atom. The van der Waals surface area contributed by atoms with Crippen LogP contribution in [-0.2, 0) is 5.41 Å². The maximum atomic E-state index is 13.6. The van der Waals surface area contributed by atoms with Gasteiger partial charge in [-0.05, 0) is 34.2 Å². The maximum Gasteiger partial charge on any atom is 0.152 e. The van der Waals surface area contributed by atoms with E-state index in [2.05, 4.69) is 32.9 Å². The first-order chi connectivity index (χ1) is 8.91. The lowest BCUT2D eigenvalue weighted by molar-refractivity contribution is 0.112. The smallest absolute Gasteiger partial charge is 0.152 e. The number of aldehydes is 1. The van der Waals surface area contributed by atoms with E-state index in [-0.39, 0.29) is 11.0 Å². The van der Waals surface area contributed by atoms with Crippen molar-refractivity contribution in [3.05, 3.63) is 59.4 Å². The summed E-state index contributed by atoms with van der Waals surface area (Å²) < 4.78 is 13.6. The Labute approximate surface area is 113 Å². The van der Waals surface area contributed by atoms with Crippen LogP contribution in [0.25, 0.3) is 11.1 Å². The Kier molecular flexibility index (Phi) is 3.52. The summed E-state index contributed by atoms with van der Waals surface area (Å²) in [4.78, 5) is 10.6. The number of rotatable bonds is 2. The molecule has 0 unspecified atom stereocenters. The number of benzene rings is 2. The molecule has 2 aromatic rings. The second-order valence-corrected chi connectivity index (χ2v) is 5.68. The third kappa shape index (κ3) is 2.90. The summed E-state index contributed by atoms with van der Waals surface area (Å²) in [6, 6.07) is 12.7. The maximum absolute atomic E-state index is 13.6. The van der Waals surface area contributed by atoms with Crippen molar-refractivity contribution in [3.8, 4) is 11.1 Å². The van der Waals surface area contributed by atoms with Crippen LogP contribution in [0.4, 0.5) is 4.39 Å². The fraction of sp³-hybridized carbons (Fsp3) is 0.235. The summed E-state index contributed by atoms with van der Waals surface area (Å²) in [6.45, 7) is 6.46. The number of hydrogen-bond donors (Lipinski definition) is 0. The van der Waals surface area contributed by atoms with Gasteiger partial charge in [-0.25, -0.2) is 4.39 Å². The minimum atomic E-state index is -0.479. The molecule has 0 aliphatic heterocycles. The van der Waals surface area contributed by atoms with Crippen LogP contribution < -0.4 is 0 Å². The van der Waals surface area contributed by atoms with Gasteiger partial charge in [0.15, 0.2) is 6.29 Å². The highest BCUT2D eigenvalue weighted by atomic mass is 19.1. The molecule has 0 saturated heterocycles. The van der Waals surface area contributed by atoms with Gasteiger partial charge in [0.25, 0.3) is 0 Å². The predicted molar refractivity (Wildman–Crippen MR) is 75.9 cm³/mol. The topological polar surface area (TPSA) is 17.1 Å². The zero-order chi connectivity index (χ0) is 14.0. The second-order valence-electron chi connectivity index (χ2n) is 5.68. The lowest BCUT2D eigenvalue weighted by atomic mass is 9.86. The van der Waals surface area contributed by atoms with E-state index in [4.69, 9.17) is 0 Å². The van der Waals surface area contributed by atoms with E-state index < -0.39 is 5.82 Å². The molecular weight excluding hydrogens is 239 g/mol. The average molecular weight is 256 g/mol. The van der Waals surface area contributed by atoms with Crippen molar-refractivity contribution >= 4 is 6.29 Å². The van der Waals surface area contributed by atoms with Crippen LogP contribution in [0.3, 0.4) is 0 Å². The highest BCUT2D eigenvalue weighted by Crippen LogP contribution is 2.26. The molecule has 1 nitrogen and oxygen atoms in total. The average Bonchev–Trinajstić information content (AvgIpc) is 2.38. The molecule has 0 aliphatic carbocycles. The molecule has 2 heteroatoms. The van der Waals surface area contributed by atoms with Gasteiger partial charge >= 0.3 is 0 Å². The predicted octanol–water partition coefficient (Wildman–Crippen LogP) is 4.60. The summed E-state index contributed by atoms with van der Waals surface area (Å²) in [7, 11) is 0. The molecule has 0 atom stereocenters. The Bertz CT molecular complexity index is 592. The van der Waals surface area contributed by atoms with Crippen molar-refractivity contribution in [2.24, 2.45) is 0 Å². The van der Waals surface area contributed by atoms with Gasteiger partial charge in [0.05, 0.1) is 5.56 Å². The van der Waals surface area contributed by atoms with Crippen molar-refractivity contribution < 1.29 is 9.18 Å². The minimum Gasteiger partial charge on any atom is -0.298 e. The van der Waals surface area contributed by atoms with Crippen LogP contribution in [0.2, 0.25) is 0 Å². The van der Waals surface area contributed by atoms with E-state index >= 15 is 0 Å². The highest BCUT2D eigenvalue weighted by molar-refractivity contribution is 5.77. The van der Waals surface area contributed by atoms with Gasteiger partial charge in [-0.15, -0.1) is 0 Å². The van der Waals surface area contributed by atoms with Gasteiger partial charge in [-0.3, -0.25) is 4.79 Å². The fourth-order valence-corrected chi connectivity index (χ4v) is 1.96. The van der Waals surface area contributed by atoms with Gasteiger partial charge in [-0.2, -0.15) is 0 Å². The summed E-state index contributed by atoms with van der Waals surface area (Å²) in [5.41, 5.74) is 3.16. The normalized spacial score (nSPS) is 11.4. The molecule has 0 aromatic heterocycles. The van der Waals surface area contributed by atoms with Crippen LogP contribution in [0.5, 0.6) is 0 Å². The third-order valence-electron chi connectivity index (χ3n) is 3.21. The standard InChI is InChI=1S/C17H17FO/c1-17(2,3)15-8-6-12(7-9-15)13-4-5-14(11-19)16(18)10-13/h4-11H,1-3H3. The SMILES string of the molecule is CC(C)(C)c1ccc(-c2ccc(C=O)c(F)c2)cc1. The van der Waals surface area contributed by atoms with Gasteiger partial charge in [-0.1, -0.05) is 51.1 Å². The Hall–Kier alpha value is -1.96. The third-order valence-corrected chi connectivity index (χ3v) is 3.21. The quantitative estimate of drug-likeness (QED) is 0.717. The van der Waals surface area contributed by atoms with Gasteiger partial charge in [0.2, 0.25) is 0 Å². The first-order valence-corrected chi connectivity index (χ1v) is 6.27. The van der Waals surface area contributed by atoms with Crippen molar-refractivity contribution in [2.75, 3.05) is 0 Å². The van der Waals surface area contributed by atoms with Crippen LogP contribution in [0.15, 0.2) is 42.5 Å². The van der Waals surface area contributed by atoms with Crippen molar-refractivity contribution in [1.82, 2.24) is 0 Å². The Morgan fingerprint density at radius 3 is 2.00 bits per heavy atom. The molecule has 0 fully saturated rings. The van der Waals surface area contributed by atoms with E-state index in [1.54, 1.807) is 6.07 Å². The molecule has 0 saturated carbocycles. The van der Waals surface area contributed by atoms with E-state index in [1.807, 2.05) is 12.1 Å². The van der Waals surface area contributed by atoms with Crippen LogP contribution in [0, 0.1) is 5.82 Å². The molecule has 2 rings (SSSR count). The van der Waals surface area contributed by atoms with Crippen LogP contribution in [-0.4, -0.2) is 6.29 Å². The van der Waals surface area contributed by atoms with Crippen molar-refractivity contribution in [2.45, 2.75) is 26.2 Å². The van der Waals surface area contributed by atoms with Crippen molar-refractivity contribution in [3.63, 3.8) is 0 Å². The molecule has 0 amide bonds. The number of carbonyl (C=O) groups excluding carboxylic acids is 1. The summed E-state index contributed by atoms with van der Waals surface area (Å²) >= 11 is 0. The molecule has 98 valence electrons.